The van der Waals surface area contributed by atoms with E-state index in [0.29, 0.717) is 21.8 Å². The molecule has 3 nitrogen and oxygen atoms in total. The van der Waals surface area contributed by atoms with E-state index in [1.165, 1.54) is 0 Å². The van der Waals surface area contributed by atoms with Gasteiger partial charge in [0.25, 0.3) is 0 Å². The minimum Gasteiger partial charge on any atom is -0.454 e. The van der Waals surface area contributed by atoms with Crippen LogP contribution in [0.3, 0.4) is 0 Å². The van der Waals surface area contributed by atoms with E-state index in [4.69, 9.17) is 21.3 Å². The maximum Gasteiger partial charge on any atom is 0.154 e. The van der Waals surface area contributed by atoms with Crippen molar-refractivity contribution in [2.24, 2.45) is 0 Å². The molecule has 0 aliphatic carbocycles. The zero-order valence-electron chi connectivity index (χ0n) is 6.91. The molecule has 3 aromatic heterocycles. The van der Waals surface area contributed by atoms with Crippen LogP contribution < -0.4 is 0 Å². The van der Waals surface area contributed by atoms with Crippen molar-refractivity contribution in [1.29, 1.82) is 5.26 Å². The van der Waals surface area contributed by atoms with E-state index in [0.717, 1.165) is 11.0 Å². The lowest BCUT2D eigenvalue weighted by Crippen LogP contribution is -1.83. The van der Waals surface area contributed by atoms with Crippen LogP contribution >= 0.6 is 11.6 Å². The number of rotatable bonds is 0. The summed E-state index contributed by atoms with van der Waals surface area (Å²) in [5.74, 6) is 0. The number of aromatic nitrogens is 1. The molecule has 4 heteroatoms. The molecule has 3 heterocycles. The third-order valence-electron chi connectivity index (χ3n) is 2.17. The highest BCUT2D eigenvalue weighted by molar-refractivity contribution is 6.37. The van der Waals surface area contributed by atoms with Crippen LogP contribution in [0.1, 0.15) is 5.69 Å². The molecule has 3 rings (SSSR count). The number of fused-ring (bicyclic) bond motifs is 5. The van der Waals surface area contributed by atoms with Gasteiger partial charge in [-0.25, -0.2) is 4.98 Å². The van der Waals surface area contributed by atoms with Gasteiger partial charge in [-0.2, -0.15) is 5.26 Å². The topological polar surface area (TPSA) is 49.8 Å². The minimum atomic E-state index is 0.311. The molecule has 0 saturated heterocycles. The van der Waals surface area contributed by atoms with E-state index in [1.807, 2.05) is 18.2 Å². The first-order valence-electron chi connectivity index (χ1n) is 4.01. The van der Waals surface area contributed by atoms with Gasteiger partial charge in [0.2, 0.25) is 0 Å². The first kappa shape index (κ1) is 7.60. The maximum absolute atomic E-state index is 8.72. The minimum absolute atomic E-state index is 0.311. The van der Waals surface area contributed by atoms with Crippen molar-refractivity contribution in [3.8, 4) is 6.07 Å². The first-order valence-corrected chi connectivity index (χ1v) is 4.38. The molecular formula is C10H3ClN2O. The van der Waals surface area contributed by atoms with Crippen molar-refractivity contribution >= 4 is 33.7 Å². The van der Waals surface area contributed by atoms with Crippen molar-refractivity contribution in [2.45, 2.75) is 0 Å². The molecule has 0 radical (unpaired) electrons. The van der Waals surface area contributed by atoms with Crippen LogP contribution in [0.25, 0.3) is 22.1 Å². The average molecular weight is 203 g/mol. The fraction of sp³-hybridized carbons (Fsp3) is 0. The summed E-state index contributed by atoms with van der Waals surface area (Å²) < 4.78 is 5.39. The summed E-state index contributed by atoms with van der Waals surface area (Å²) in [7, 11) is 0. The molecule has 0 amide bonds. The van der Waals surface area contributed by atoms with Crippen LogP contribution in [-0.4, -0.2) is 4.98 Å². The van der Waals surface area contributed by atoms with Gasteiger partial charge in [0, 0.05) is 0 Å². The summed E-state index contributed by atoms with van der Waals surface area (Å²) in [6, 6.07) is 7.17. The largest absolute Gasteiger partial charge is 0.454 e. The lowest BCUT2D eigenvalue weighted by Gasteiger charge is -1.95. The summed E-state index contributed by atoms with van der Waals surface area (Å²) in [6.07, 6.45) is 0. The van der Waals surface area contributed by atoms with E-state index < -0.39 is 0 Å². The van der Waals surface area contributed by atoms with Crippen LogP contribution in [0.5, 0.6) is 0 Å². The molecule has 0 aliphatic heterocycles. The fourth-order valence-corrected chi connectivity index (χ4v) is 1.87. The van der Waals surface area contributed by atoms with Crippen molar-refractivity contribution in [1.82, 2.24) is 4.98 Å². The number of nitriles is 1. The smallest absolute Gasteiger partial charge is 0.154 e. The van der Waals surface area contributed by atoms with Gasteiger partial charge < -0.3 is 4.42 Å². The predicted octanol–water partition coefficient (Wildman–Crippen LogP) is 2.94. The number of hydrogen-bond acceptors (Lipinski definition) is 3. The zero-order chi connectivity index (χ0) is 9.71. The van der Waals surface area contributed by atoms with Crippen LogP contribution in [-0.2, 0) is 0 Å². The van der Waals surface area contributed by atoms with Gasteiger partial charge in [-0.15, -0.1) is 0 Å². The molecule has 3 aromatic rings. The van der Waals surface area contributed by atoms with E-state index in [-0.39, 0.29) is 0 Å². The fourth-order valence-electron chi connectivity index (χ4n) is 1.58. The number of pyridine rings is 1. The molecule has 0 aliphatic rings. The van der Waals surface area contributed by atoms with Gasteiger partial charge in [-0.05, 0) is 18.2 Å². The molecule has 0 fully saturated rings. The molecule has 0 N–H and O–H groups in total. The highest BCUT2D eigenvalue weighted by atomic mass is 35.5. The van der Waals surface area contributed by atoms with Crippen LogP contribution in [0.2, 0.25) is 5.02 Å². The SMILES string of the molecule is N#Cc1cc(Cl)c2c3ccc(o3)c2n1. The summed E-state index contributed by atoms with van der Waals surface area (Å²) in [5.41, 5.74) is 2.38. The highest BCUT2D eigenvalue weighted by Gasteiger charge is 2.14. The Hall–Kier alpha value is -1.79. The number of halogens is 1. The Morgan fingerprint density at radius 2 is 2.14 bits per heavy atom. The van der Waals surface area contributed by atoms with E-state index >= 15 is 0 Å². The molecule has 0 unspecified atom stereocenters. The van der Waals surface area contributed by atoms with E-state index in [1.54, 1.807) is 6.07 Å². The van der Waals surface area contributed by atoms with Gasteiger partial charge in [-0.1, -0.05) is 11.6 Å². The van der Waals surface area contributed by atoms with Crippen molar-refractivity contribution in [2.75, 3.05) is 0 Å². The second-order valence-corrected chi connectivity index (χ2v) is 3.40. The normalized spacial score (nSPS) is 11.1. The molecule has 0 saturated carbocycles. The zero-order valence-corrected chi connectivity index (χ0v) is 7.67. The Kier molecular flexibility index (Phi) is 1.29. The van der Waals surface area contributed by atoms with E-state index in [9.17, 15) is 0 Å². The molecule has 2 bridgehead atoms. The Balaban J connectivity index is 2.60. The van der Waals surface area contributed by atoms with Crippen molar-refractivity contribution in [3.63, 3.8) is 0 Å². The maximum atomic E-state index is 8.72. The lowest BCUT2D eigenvalue weighted by atomic mass is 10.2. The molecule has 0 aromatic carbocycles. The quantitative estimate of drug-likeness (QED) is 0.563. The van der Waals surface area contributed by atoms with Crippen molar-refractivity contribution in [3.05, 3.63) is 28.9 Å². The van der Waals surface area contributed by atoms with Crippen LogP contribution in [0, 0.1) is 11.3 Å². The first-order chi connectivity index (χ1) is 6.79. The Bertz CT molecular complexity index is 665. The third kappa shape index (κ3) is 0.785. The highest BCUT2D eigenvalue weighted by Crippen LogP contribution is 2.34. The van der Waals surface area contributed by atoms with Gasteiger partial charge >= 0.3 is 0 Å². The van der Waals surface area contributed by atoms with Crippen LogP contribution in [0.4, 0.5) is 0 Å². The standard InChI is InChI=1S/C10H3ClN2O/c11-6-3-5(4-12)13-10-8-2-1-7(14-8)9(6)10/h1-3H. The number of nitrogens with zero attached hydrogens (tertiary/aromatic N) is 2. The molecule has 14 heavy (non-hydrogen) atoms. The Morgan fingerprint density at radius 1 is 1.36 bits per heavy atom. The molecule has 0 spiro atoms. The van der Waals surface area contributed by atoms with Gasteiger partial charge in [0.15, 0.2) is 5.58 Å². The number of furan rings is 2. The second-order valence-electron chi connectivity index (χ2n) is 2.99. The third-order valence-corrected chi connectivity index (χ3v) is 2.47. The summed E-state index contributed by atoms with van der Waals surface area (Å²) in [4.78, 5) is 4.14. The monoisotopic (exact) mass is 202 g/mol. The van der Waals surface area contributed by atoms with Gasteiger partial charge in [-0.3, -0.25) is 0 Å². The second kappa shape index (κ2) is 2.37. The van der Waals surface area contributed by atoms with Gasteiger partial charge in [0.05, 0.1) is 10.4 Å². The molecule has 0 atom stereocenters. The van der Waals surface area contributed by atoms with Crippen molar-refractivity contribution < 1.29 is 4.42 Å². The predicted molar refractivity (Wildman–Crippen MR) is 52.4 cm³/mol. The van der Waals surface area contributed by atoms with Crippen LogP contribution in [0.15, 0.2) is 22.6 Å². The molecular weight excluding hydrogens is 200 g/mol. The van der Waals surface area contributed by atoms with E-state index in [2.05, 4.69) is 4.98 Å². The summed E-state index contributed by atoms with van der Waals surface area (Å²) >= 11 is 6.01. The molecule has 66 valence electrons. The number of hydrogen-bond donors (Lipinski definition) is 0. The Labute approximate surface area is 83.8 Å². The lowest BCUT2D eigenvalue weighted by molar-refractivity contribution is 0.678. The Morgan fingerprint density at radius 3 is 2.93 bits per heavy atom. The summed E-state index contributed by atoms with van der Waals surface area (Å²) in [6.45, 7) is 0. The number of benzene rings is 1. The summed E-state index contributed by atoms with van der Waals surface area (Å²) in [5, 5.41) is 10.0. The average Bonchev–Trinajstić information content (AvgIpc) is 2.77. The van der Waals surface area contributed by atoms with Gasteiger partial charge in [0.1, 0.15) is 22.9 Å².